The van der Waals surface area contributed by atoms with Gasteiger partial charge in [0.15, 0.2) is 6.29 Å². The van der Waals surface area contributed by atoms with E-state index in [-0.39, 0.29) is 23.2 Å². The topological polar surface area (TPSA) is 38.7 Å². The normalized spacial score (nSPS) is 52.7. The Morgan fingerprint density at radius 3 is 3.00 bits per heavy atom. The molecule has 2 aliphatic heterocycles. The zero-order valence-corrected chi connectivity index (χ0v) is 11.2. The molecule has 0 radical (unpaired) electrons. The van der Waals surface area contributed by atoms with Crippen molar-refractivity contribution in [1.82, 2.24) is 0 Å². The fourth-order valence-corrected chi connectivity index (χ4v) is 5.11. The van der Waals surface area contributed by atoms with Gasteiger partial charge in [-0.15, -0.1) is 0 Å². The molecule has 0 aromatic rings. The fraction of sp³-hybridized carbons (Fsp3) is 0.867. The Morgan fingerprint density at radius 2 is 2.17 bits per heavy atom. The maximum absolute atomic E-state index is 10.3. The maximum Gasteiger partial charge on any atom is 0.165 e. The number of allylic oxidation sites excluding steroid dienone is 1. The van der Waals surface area contributed by atoms with E-state index in [1.807, 2.05) is 0 Å². The van der Waals surface area contributed by atoms with Crippen LogP contribution in [-0.2, 0) is 9.47 Å². The van der Waals surface area contributed by atoms with Gasteiger partial charge in [-0.05, 0) is 36.2 Å². The SMILES string of the molecule is CC1(C)C(O)CCC23COC4OCC(=CCC12)C43. The molecule has 1 spiro atoms. The van der Waals surface area contributed by atoms with Crippen LogP contribution < -0.4 is 0 Å². The predicted octanol–water partition coefficient (Wildman–Crippen LogP) is 2.10. The first kappa shape index (κ1) is 11.4. The van der Waals surface area contributed by atoms with Crippen LogP contribution >= 0.6 is 0 Å². The molecular formula is C15H22O3. The van der Waals surface area contributed by atoms with Crippen molar-refractivity contribution in [3.63, 3.8) is 0 Å². The number of hydrogen-bond acceptors (Lipinski definition) is 3. The first-order valence-electron chi connectivity index (χ1n) is 7.16. The highest BCUT2D eigenvalue weighted by molar-refractivity contribution is 5.27. The molecule has 5 atom stereocenters. The van der Waals surface area contributed by atoms with E-state index in [0.29, 0.717) is 11.8 Å². The molecule has 2 aliphatic carbocycles. The minimum atomic E-state index is -0.176. The second kappa shape index (κ2) is 3.38. The minimum absolute atomic E-state index is 0.00917. The molecule has 3 fully saturated rings. The molecule has 3 nitrogen and oxygen atoms in total. The van der Waals surface area contributed by atoms with Crippen LogP contribution in [0.2, 0.25) is 0 Å². The van der Waals surface area contributed by atoms with Crippen molar-refractivity contribution in [1.29, 1.82) is 0 Å². The van der Waals surface area contributed by atoms with Gasteiger partial charge in [-0.25, -0.2) is 0 Å². The Hall–Kier alpha value is -0.380. The quantitative estimate of drug-likeness (QED) is 0.669. The number of rotatable bonds is 0. The summed E-state index contributed by atoms with van der Waals surface area (Å²) in [5, 5.41) is 10.3. The second-order valence-electron chi connectivity index (χ2n) is 7.14. The maximum atomic E-state index is 10.3. The predicted molar refractivity (Wildman–Crippen MR) is 66.8 cm³/mol. The third-order valence-corrected chi connectivity index (χ3v) is 6.17. The summed E-state index contributed by atoms with van der Waals surface area (Å²) in [6.45, 7) is 6.03. The first-order valence-corrected chi connectivity index (χ1v) is 7.16. The van der Waals surface area contributed by atoms with Gasteiger partial charge in [0.25, 0.3) is 0 Å². The highest BCUT2D eigenvalue weighted by atomic mass is 16.7. The average Bonchev–Trinajstić information content (AvgIpc) is 2.91. The molecule has 0 aromatic heterocycles. The second-order valence-corrected chi connectivity index (χ2v) is 7.14. The van der Waals surface area contributed by atoms with Gasteiger partial charge in [-0.2, -0.15) is 0 Å². The van der Waals surface area contributed by atoms with Crippen molar-refractivity contribution in [2.75, 3.05) is 13.2 Å². The molecule has 2 heterocycles. The molecule has 0 aromatic carbocycles. The van der Waals surface area contributed by atoms with Crippen molar-refractivity contribution < 1.29 is 14.6 Å². The van der Waals surface area contributed by atoms with E-state index in [0.717, 1.165) is 32.5 Å². The summed E-state index contributed by atoms with van der Waals surface area (Å²) in [6.07, 6.45) is 5.25. The summed E-state index contributed by atoms with van der Waals surface area (Å²) in [5.74, 6) is 0.984. The smallest absolute Gasteiger partial charge is 0.165 e. The van der Waals surface area contributed by atoms with E-state index in [1.54, 1.807) is 0 Å². The Bertz CT molecular complexity index is 414. The molecular weight excluding hydrogens is 228 g/mol. The van der Waals surface area contributed by atoms with Crippen molar-refractivity contribution in [2.24, 2.45) is 22.7 Å². The zero-order valence-electron chi connectivity index (χ0n) is 11.2. The number of aliphatic hydroxyl groups is 1. The number of aliphatic hydroxyl groups excluding tert-OH is 1. The summed E-state index contributed by atoms with van der Waals surface area (Å²) < 4.78 is 11.7. The van der Waals surface area contributed by atoms with Gasteiger partial charge >= 0.3 is 0 Å². The lowest BCUT2D eigenvalue weighted by Gasteiger charge is -2.56. The summed E-state index contributed by atoms with van der Waals surface area (Å²) in [7, 11) is 0. The molecule has 2 saturated heterocycles. The summed E-state index contributed by atoms with van der Waals surface area (Å²) in [5.41, 5.74) is 1.68. The van der Waals surface area contributed by atoms with Crippen LogP contribution in [-0.4, -0.2) is 30.7 Å². The van der Waals surface area contributed by atoms with Gasteiger partial charge in [0.2, 0.25) is 0 Å². The molecule has 1 N–H and O–H groups in total. The molecule has 3 heteroatoms. The third kappa shape index (κ3) is 1.16. The number of ether oxygens (including phenoxy) is 2. The first-order chi connectivity index (χ1) is 8.56. The summed E-state index contributed by atoms with van der Waals surface area (Å²) in [6, 6.07) is 0. The lowest BCUT2D eigenvalue weighted by atomic mass is 9.48. The molecule has 4 aliphatic rings. The van der Waals surface area contributed by atoms with Crippen LogP contribution in [0.5, 0.6) is 0 Å². The largest absolute Gasteiger partial charge is 0.393 e. The highest BCUT2D eigenvalue weighted by Crippen LogP contribution is 2.64. The lowest BCUT2D eigenvalue weighted by Crippen LogP contribution is -2.55. The molecule has 100 valence electrons. The van der Waals surface area contributed by atoms with Gasteiger partial charge in [-0.1, -0.05) is 19.9 Å². The molecule has 0 bridgehead atoms. The van der Waals surface area contributed by atoms with E-state index >= 15 is 0 Å². The van der Waals surface area contributed by atoms with Crippen molar-refractivity contribution in [2.45, 2.75) is 45.5 Å². The summed E-state index contributed by atoms with van der Waals surface area (Å²) in [4.78, 5) is 0. The van der Waals surface area contributed by atoms with Crippen LogP contribution in [0, 0.1) is 22.7 Å². The Morgan fingerprint density at radius 1 is 1.33 bits per heavy atom. The van der Waals surface area contributed by atoms with Gasteiger partial charge in [0.1, 0.15) is 0 Å². The molecule has 0 amide bonds. The average molecular weight is 250 g/mol. The van der Waals surface area contributed by atoms with Crippen LogP contribution in [0.25, 0.3) is 0 Å². The Balaban J connectivity index is 1.82. The van der Waals surface area contributed by atoms with Crippen molar-refractivity contribution in [3.8, 4) is 0 Å². The minimum Gasteiger partial charge on any atom is -0.393 e. The number of hydrogen-bond donors (Lipinski definition) is 1. The third-order valence-electron chi connectivity index (χ3n) is 6.17. The standard InChI is InChI=1S/C15H22O3/c1-14(2)10-4-3-9-7-17-13-12(9)15(10,8-18-13)6-5-11(14)16/h3,10-13,16H,4-8H2,1-2H3. The lowest BCUT2D eigenvalue weighted by molar-refractivity contribution is -0.114. The zero-order chi connectivity index (χ0) is 12.5. The molecule has 5 unspecified atom stereocenters. The Labute approximate surface area is 108 Å². The fourth-order valence-electron chi connectivity index (χ4n) is 5.11. The Kier molecular flexibility index (Phi) is 2.15. The van der Waals surface area contributed by atoms with Crippen LogP contribution in [0.4, 0.5) is 0 Å². The van der Waals surface area contributed by atoms with E-state index in [4.69, 9.17) is 9.47 Å². The monoisotopic (exact) mass is 250 g/mol. The van der Waals surface area contributed by atoms with Gasteiger partial charge in [0.05, 0.1) is 19.3 Å². The van der Waals surface area contributed by atoms with E-state index in [9.17, 15) is 5.11 Å². The van der Waals surface area contributed by atoms with Crippen LogP contribution in [0.15, 0.2) is 11.6 Å². The van der Waals surface area contributed by atoms with Gasteiger partial charge < -0.3 is 14.6 Å². The van der Waals surface area contributed by atoms with Crippen molar-refractivity contribution in [3.05, 3.63) is 11.6 Å². The van der Waals surface area contributed by atoms with Gasteiger partial charge in [-0.3, -0.25) is 0 Å². The van der Waals surface area contributed by atoms with Crippen molar-refractivity contribution >= 4 is 0 Å². The van der Waals surface area contributed by atoms with Crippen LogP contribution in [0.3, 0.4) is 0 Å². The van der Waals surface area contributed by atoms with E-state index in [1.165, 1.54) is 5.57 Å². The van der Waals surface area contributed by atoms with E-state index in [2.05, 4.69) is 19.9 Å². The van der Waals surface area contributed by atoms with Gasteiger partial charge in [0, 0.05) is 11.3 Å². The summed E-state index contributed by atoms with van der Waals surface area (Å²) >= 11 is 0. The highest BCUT2D eigenvalue weighted by Gasteiger charge is 2.64. The molecule has 4 rings (SSSR count). The molecule has 18 heavy (non-hydrogen) atoms. The molecule has 1 saturated carbocycles. The van der Waals surface area contributed by atoms with Crippen LogP contribution in [0.1, 0.15) is 33.1 Å². The van der Waals surface area contributed by atoms with E-state index < -0.39 is 0 Å².